The van der Waals surface area contributed by atoms with Crippen LogP contribution in [0.3, 0.4) is 0 Å². The molecule has 0 radical (unpaired) electrons. The Morgan fingerprint density at radius 1 is 1.45 bits per heavy atom. The first-order chi connectivity index (χ1) is 9.70. The van der Waals surface area contributed by atoms with Crippen molar-refractivity contribution in [1.29, 1.82) is 5.41 Å². The molecule has 1 saturated carbocycles. The van der Waals surface area contributed by atoms with E-state index in [9.17, 15) is 0 Å². The van der Waals surface area contributed by atoms with E-state index in [1.165, 1.54) is 12.8 Å². The molecule has 20 heavy (non-hydrogen) atoms. The maximum atomic E-state index is 7.87. The summed E-state index contributed by atoms with van der Waals surface area (Å²) in [6, 6.07) is 8.05. The van der Waals surface area contributed by atoms with Gasteiger partial charge in [0.2, 0.25) is 0 Å². The third kappa shape index (κ3) is 2.45. The second-order valence-corrected chi connectivity index (χ2v) is 6.26. The maximum absolute atomic E-state index is 7.87. The first-order valence-electron chi connectivity index (χ1n) is 6.87. The van der Waals surface area contributed by atoms with Crippen molar-refractivity contribution in [2.24, 2.45) is 5.73 Å². The van der Waals surface area contributed by atoms with Crippen molar-refractivity contribution >= 4 is 17.6 Å². The standard InChI is InChI=1S/C15H18N4S/c1-2-20-13-5-3-4-12(14(13)15(16)17)19-9-8-11(18-19)10-6-7-10/h3-5,8-10H,2,6-7H2,1H3,(H3,16,17). The van der Waals surface area contributed by atoms with Gasteiger partial charge in [-0.25, -0.2) is 4.68 Å². The maximum Gasteiger partial charge on any atom is 0.126 e. The van der Waals surface area contributed by atoms with Crippen LogP contribution in [0.2, 0.25) is 0 Å². The van der Waals surface area contributed by atoms with Gasteiger partial charge in [-0.1, -0.05) is 13.0 Å². The second kappa shape index (κ2) is 5.32. The summed E-state index contributed by atoms with van der Waals surface area (Å²) in [7, 11) is 0. The number of rotatable bonds is 5. The van der Waals surface area contributed by atoms with Gasteiger partial charge in [0.25, 0.3) is 0 Å². The van der Waals surface area contributed by atoms with Gasteiger partial charge < -0.3 is 5.73 Å². The largest absolute Gasteiger partial charge is 0.384 e. The number of thioether (sulfide) groups is 1. The summed E-state index contributed by atoms with van der Waals surface area (Å²) in [5.41, 5.74) is 8.61. The molecule has 1 aliphatic rings. The number of nitrogens with one attached hydrogen (secondary N) is 1. The summed E-state index contributed by atoms with van der Waals surface area (Å²) in [5.74, 6) is 1.68. The van der Waals surface area contributed by atoms with Crippen LogP contribution < -0.4 is 5.73 Å². The normalized spacial score (nSPS) is 14.4. The lowest BCUT2D eigenvalue weighted by atomic mass is 10.1. The molecular weight excluding hydrogens is 268 g/mol. The van der Waals surface area contributed by atoms with E-state index >= 15 is 0 Å². The third-order valence-corrected chi connectivity index (χ3v) is 4.37. The molecule has 104 valence electrons. The van der Waals surface area contributed by atoms with Gasteiger partial charge in [-0.2, -0.15) is 5.10 Å². The number of nitrogens with two attached hydrogens (primary N) is 1. The van der Waals surface area contributed by atoms with Crippen molar-refractivity contribution in [2.75, 3.05) is 5.75 Å². The Balaban J connectivity index is 2.06. The van der Waals surface area contributed by atoms with E-state index in [4.69, 9.17) is 11.1 Å². The fourth-order valence-corrected chi connectivity index (χ4v) is 3.17. The minimum absolute atomic E-state index is 0.0972. The van der Waals surface area contributed by atoms with Gasteiger partial charge in [-0.05, 0) is 36.8 Å². The average molecular weight is 286 g/mol. The third-order valence-electron chi connectivity index (χ3n) is 3.43. The Morgan fingerprint density at radius 3 is 2.90 bits per heavy atom. The molecule has 1 fully saturated rings. The average Bonchev–Trinajstić information content (AvgIpc) is 3.16. The predicted octanol–water partition coefficient (Wildman–Crippen LogP) is 3.15. The quantitative estimate of drug-likeness (QED) is 0.504. The highest BCUT2D eigenvalue weighted by molar-refractivity contribution is 7.99. The molecule has 0 atom stereocenters. The van der Waals surface area contributed by atoms with Crippen molar-refractivity contribution in [3.63, 3.8) is 0 Å². The van der Waals surface area contributed by atoms with Gasteiger partial charge in [-0.3, -0.25) is 5.41 Å². The molecular formula is C15H18N4S. The Kier molecular flexibility index (Phi) is 3.53. The Labute approximate surface area is 122 Å². The van der Waals surface area contributed by atoms with E-state index in [2.05, 4.69) is 18.1 Å². The van der Waals surface area contributed by atoms with Crippen LogP contribution in [-0.2, 0) is 0 Å². The molecule has 0 amide bonds. The molecule has 0 bridgehead atoms. The monoisotopic (exact) mass is 286 g/mol. The van der Waals surface area contributed by atoms with Crippen molar-refractivity contribution in [3.05, 3.63) is 41.7 Å². The molecule has 1 aromatic carbocycles. The molecule has 3 N–H and O–H groups in total. The minimum Gasteiger partial charge on any atom is -0.384 e. The van der Waals surface area contributed by atoms with Crippen LogP contribution in [0.4, 0.5) is 0 Å². The summed E-state index contributed by atoms with van der Waals surface area (Å²) >= 11 is 1.70. The highest BCUT2D eigenvalue weighted by Crippen LogP contribution is 2.39. The lowest BCUT2D eigenvalue weighted by Gasteiger charge is -2.12. The van der Waals surface area contributed by atoms with Crippen molar-refractivity contribution in [2.45, 2.75) is 30.6 Å². The van der Waals surface area contributed by atoms with E-state index in [1.54, 1.807) is 11.8 Å². The van der Waals surface area contributed by atoms with E-state index in [-0.39, 0.29) is 5.84 Å². The van der Waals surface area contributed by atoms with Crippen LogP contribution in [0.15, 0.2) is 35.4 Å². The fraction of sp³-hybridized carbons (Fsp3) is 0.333. The number of aromatic nitrogens is 2. The summed E-state index contributed by atoms with van der Waals surface area (Å²) < 4.78 is 1.85. The van der Waals surface area contributed by atoms with Gasteiger partial charge in [-0.15, -0.1) is 11.8 Å². The van der Waals surface area contributed by atoms with E-state index in [0.717, 1.165) is 27.6 Å². The number of amidine groups is 1. The molecule has 2 aromatic rings. The molecule has 0 saturated heterocycles. The Morgan fingerprint density at radius 2 is 2.25 bits per heavy atom. The zero-order chi connectivity index (χ0) is 14.1. The molecule has 1 aliphatic carbocycles. The second-order valence-electron chi connectivity index (χ2n) is 4.96. The van der Waals surface area contributed by atoms with Crippen LogP contribution in [-0.4, -0.2) is 21.4 Å². The number of hydrogen-bond acceptors (Lipinski definition) is 3. The number of nitrogens with zero attached hydrogens (tertiary/aromatic N) is 2. The summed E-state index contributed by atoms with van der Waals surface area (Å²) in [4.78, 5) is 1.04. The summed E-state index contributed by atoms with van der Waals surface area (Å²) in [5, 5.41) is 12.5. The van der Waals surface area contributed by atoms with Gasteiger partial charge in [0.1, 0.15) is 5.84 Å². The first-order valence-corrected chi connectivity index (χ1v) is 7.85. The number of benzene rings is 1. The van der Waals surface area contributed by atoms with Gasteiger partial charge >= 0.3 is 0 Å². The van der Waals surface area contributed by atoms with E-state index < -0.39 is 0 Å². The molecule has 1 aromatic heterocycles. The zero-order valence-electron chi connectivity index (χ0n) is 11.5. The lowest BCUT2D eigenvalue weighted by molar-refractivity contribution is 0.833. The van der Waals surface area contributed by atoms with Crippen LogP contribution in [0.25, 0.3) is 5.69 Å². The smallest absolute Gasteiger partial charge is 0.126 e. The molecule has 1 heterocycles. The van der Waals surface area contributed by atoms with E-state index in [0.29, 0.717) is 5.92 Å². The highest BCUT2D eigenvalue weighted by Gasteiger charge is 2.26. The summed E-state index contributed by atoms with van der Waals surface area (Å²) in [6.45, 7) is 2.10. The minimum atomic E-state index is 0.0972. The van der Waals surface area contributed by atoms with Gasteiger partial charge in [0.05, 0.1) is 16.9 Å². The molecule has 4 nitrogen and oxygen atoms in total. The lowest BCUT2D eigenvalue weighted by Crippen LogP contribution is -2.16. The van der Waals surface area contributed by atoms with E-state index in [1.807, 2.05) is 29.1 Å². The van der Waals surface area contributed by atoms with Gasteiger partial charge in [0, 0.05) is 17.0 Å². The van der Waals surface area contributed by atoms with Crippen LogP contribution in [0, 0.1) is 5.41 Å². The highest BCUT2D eigenvalue weighted by atomic mass is 32.2. The number of hydrogen-bond donors (Lipinski definition) is 2. The number of nitrogen functional groups attached to an aromatic ring is 1. The van der Waals surface area contributed by atoms with Gasteiger partial charge in [0.15, 0.2) is 0 Å². The van der Waals surface area contributed by atoms with Crippen molar-refractivity contribution in [3.8, 4) is 5.69 Å². The first kappa shape index (κ1) is 13.2. The van der Waals surface area contributed by atoms with Crippen LogP contribution in [0.1, 0.15) is 36.9 Å². The topological polar surface area (TPSA) is 67.7 Å². The van der Waals surface area contributed by atoms with Crippen molar-refractivity contribution < 1.29 is 0 Å². The van der Waals surface area contributed by atoms with Crippen molar-refractivity contribution in [1.82, 2.24) is 9.78 Å². The molecule has 0 spiro atoms. The van der Waals surface area contributed by atoms with Crippen LogP contribution in [0.5, 0.6) is 0 Å². The molecule has 0 aliphatic heterocycles. The zero-order valence-corrected chi connectivity index (χ0v) is 12.3. The predicted molar refractivity (Wildman–Crippen MR) is 83.0 cm³/mol. The molecule has 3 rings (SSSR count). The molecule has 0 unspecified atom stereocenters. The Bertz CT molecular complexity index is 643. The summed E-state index contributed by atoms with van der Waals surface area (Å²) in [6.07, 6.45) is 4.44. The fourth-order valence-electron chi connectivity index (χ4n) is 2.33. The molecule has 5 heteroatoms. The van der Waals surface area contributed by atoms with Crippen LogP contribution >= 0.6 is 11.8 Å². The SMILES string of the molecule is CCSc1cccc(-n2ccc(C3CC3)n2)c1C(=N)N. The Hall–Kier alpha value is -1.75.